The Kier molecular flexibility index (Phi) is 12.4. The molecule has 0 saturated carbocycles. The molecule has 258 valence electrons. The highest BCUT2D eigenvalue weighted by Crippen LogP contribution is 2.59. The quantitative estimate of drug-likeness (QED) is 0.179. The third-order valence-electron chi connectivity index (χ3n) is 10.4. The van der Waals surface area contributed by atoms with E-state index in [1.807, 2.05) is 51.1 Å². The van der Waals surface area contributed by atoms with Crippen LogP contribution in [0.1, 0.15) is 84.3 Å². The molecule has 3 aliphatic heterocycles. The van der Waals surface area contributed by atoms with Gasteiger partial charge in [0.2, 0.25) is 17.7 Å². The van der Waals surface area contributed by atoms with E-state index in [9.17, 15) is 24.3 Å². The highest BCUT2D eigenvalue weighted by atomic mass is 16.6. The number of aliphatic hydroxyl groups is 1. The summed E-state index contributed by atoms with van der Waals surface area (Å²) in [6.45, 7) is 15.6. The van der Waals surface area contributed by atoms with E-state index in [2.05, 4.69) is 25.4 Å². The number of hydrogen-bond donors (Lipinski definition) is 2. The van der Waals surface area contributed by atoms with Gasteiger partial charge in [0.1, 0.15) is 17.7 Å². The summed E-state index contributed by atoms with van der Waals surface area (Å²) in [5, 5.41) is 13.5. The second-order valence-electron chi connectivity index (χ2n) is 13.3. The number of amides is 3. The van der Waals surface area contributed by atoms with Crippen LogP contribution in [-0.4, -0.2) is 88.1 Å². The Labute approximate surface area is 279 Å². The number of allylic oxidation sites excluding steroid dienone is 1. The number of nitrogens with one attached hydrogen (secondary N) is 1. The van der Waals surface area contributed by atoms with Crippen molar-refractivity contribution in [2.75, 3.05) is 19.7 Å². The largest absolute Gasteiger partial charge is 0.455 e. The number of nitrogens with zero attached hydrogens (tertiary/aromatic N) is 2. The Balaban J connectivity index is 1.70. The van der Waals surface area contributed by atoms with Crippen LogP contribution < -0.4 is 5.32 Å². The van der Waals surface area contributed by atoms with Crippen LogP contribution in [0, 0.1) is 17.8 Å². The Morgan fingerprint density at radius 3 is 2.53 bits per heavy atom. The molecule has 10 heteroatoms. The maximum atomic E-state index is 14.7. The van der Waals surface area contributed by atoms with E-state index in [0.29, 0.717) is 37.8 Å². The molecule has 0 aliphatic carbocycles. The standard InChI is InChI=1S/C37H53N3O7/c1-7-11-18-30(42)38-22-29(26-16-13-12-14-17-26)46-36(45)31-28-19-20-37(47-28)32(31)34(43)40(27(23-41)24(5)10-4)33(37)35(44)39(21-9-3)25(6)15-8-2/h7,9,12-14,16-17,24-25,27-29,31-33,41H,1,3,8,10-11,15,18-23H2,2,4-6H3,(H,38,42)/t24-,25?,27-,28-,29-,31+,32+,33-,37+/m0/s1. The van der Waals surface area contributed by atoms with Crippen LogP contribution in [0.15, 0.2) is 55.6 Å². The lowest BCUT2D eigenvalue weighted by molar-refractivity contribution is -0.161. The third kappa shape index (κ3) is 7.18. The molecule has 3 fully saturated rings. The predicted octanol–water partition coefficient (Wildman–Crippen LogP) is 4.34. The van der Waals surface area contributed by atoms with Gasteiger partial charge >= 0.3 is 5.97 Å². The number of hydrogen-bond acceptors (Lipinski definition) is 7. The van der Waals surface area contributed by atoms with Crippen molar-refractivity contribution < 1.29 is 33.8 Å². The van der Waals surface area contributed by atoms with Crippen molar-refractivity contribution in [1.82, 2.24) is 15.1 Å². The lowest BCUT2D eigenvalue weighted by Crippen LogP contribution is -2.60. The minimum atomic E-state index is -1.23. The van der Waals surface area contributed by atoms with Gasteiger partial charge in [0, 0.05) is 19.0 Å². The maximum Gasteiger partial charge on any atom is 0.313 e. The van der Waals surface area contributed by atoms with E-state index in [1.54, 1.807) is 22.0 Å². The van der Waals surface area contributed by atoms with Crippen LogP contribution in [0.2, 0.25) is 0 Å². The van der Waals surface area contributed by atoms with E-state index < -0.39 is 47.7 Å². The van der Waals surface area contributed by atoms with Gasteiger partial charge in [0.15, 0.2) is 0 Å². The van der Waals surface area contributed by atoms with Crippen LogP contribution in [0.4, 0.5) is 0 Å². The maximum absolute atomic E-state index is 14.7. The number of rotatable bonds is 18. The van der Waals surface area contributed by atoms with Crippen molar-refractivity contribution in [1.29, 1.82) is 0 Å². The summed E-state index contributed by atoms with van der Waals surface area (Å²) in [7, 11) is 0. The van der Waals surface area contributed by atoms with Gasteiger partial charge < -0.3 is 29.7 Å². The molecule has 9 atom stereocenters. The van der Waals surface area contributed by atoms with Gasteiger partial charge in [-0.25, -0.2) is 0 Å². The topological polar surface area (TPSA) is 125 Å². The predicted molar refractivity (Wildman–Crippen MR) is 179 cm³/mol. The number of carbonyl (C=O) groups is 4. The van der Waals surface area contributed by atoms with E-state index in [0.717, 1.165) is 12.8 Å². The van der Waals surface area contributed by atoms with Crippen LogP contribution in [-0.2, 0) is 28.7 Å². The lowest BCUT2D eigenvalue weighted by atomic mass is 9.70. The van der Waals surface area contributed by atoms with Gasteiger partial charge in [-0.05, 0) is 44.1 Å². The van der Waals surface area contributed by atoms with Gasteiger partial charge in [-0.1, -0.05) is 76.1 Å². The molecule has 1 spiro atoms. The van der Waals surface area contributed by atoms with Crippen molar-refractivity contribution >= 4 is 23.7 Å². The minimum absolute atomic E-state index is 0.0629. The zero-order chi connectivity index (χ0) is 34.3. The molecule has 2 bridgehead atoms. The molecule has 47 heavy (non-hydrogen) atoms. The Bertz CT molecular complexity index is 1290. The molecule has 1 aromatic carbocycles. The summed E-state index contributed by atoms with van der Waals surface area (Å²) in [6, 6.07) is 7.44. The first-order valence-corrected chi connectivity index (χ1v) is 17.2. The number of aliphatic hydroxyl groups excluding tert-OH is 1. The van der Waals surface area contributed by atoms with Crippen molar-refractivity contribution in [2.24, 2.45) is 17.8 Å². The molecule has 2 N–H and O–H groups in total. The van der Waals surface area contributed by atoms with Crippen LogP contribution in [0.3, 0.4) is 0 Å². The Morgan fingerprint density at radius 2 is 1.91 bits per heavy atom. The Hall–Kier alpha value is -3.50. The highest BCUT2D eigenvalue weighted by molar-refractivity contribution is 5.98. The number of likely N-dealkylation sites (tertiary alicyclic amines) is 1. The van der Waals surface area contributed by atoms with Crippen molar-refractivity contribution in [3.05, 3.63) is 61.2 Å². The summed E-state index contributed by atoms with van der Waals surface area (Å²) in [6.07, 6.45) is 6.03. The van der Waals surface area contributed by atoms with E-state index in [1.165, 1.54) is 0 Å². The van der Waals surface area contributed by atoms with Gasteiger partial charge in [0.25, 0.3) is 0 Å². The second-order valence-corrected chi connectivity index (χ2v) is 13.3. The zero-order valence-corrected chi connectivity index (χ0v) is 28.4. The number of esters is 1. The first kappa shape index (κ1) is 36.3. The third-order valence-corrected chi connectivity index (χ3v) is 10.4. The summed E-state index contributed by atoms with van der Waals surface area (Å²) < 4.78 is 12.8. The fraction of sp³-hybridized carbons (Fsp3) is 0.622. The Morgan fingerprint density at radius 1 is 1.19 bits per heavy atom. The molecule has 4 rings (SSSR count). The molecule has 10 nitrogen and oxygen atoms in total. The summed E-state index contributed by atoms with van der Waals surface area (Å²) >= 11 is 0. The molecule has 3 amide bonds. The van der Waals surface area contributed by atoms with E-state index >= 15 is 0 Å². The van der Waals surface area contributed by atoms with Crippen molar-refractivity contribution in [3.63, 3.8) is 0 Å². The SMILES string of the molecule is C=CCCC(=O)NC[C@H](OC(=O)[C@@H]1[C@@H]2CC[C@]3(O2)[C@H](C(=O)N(CC=C)C(C)CCC)N([C@@H](CO)[C@@H](C)CC)C(=O)[C@@H]13)c1ccccc1. The van der Waals surface area contributed by atoms with Crippen LogP contribution in [0.25, 0.3) is 0 Å². The smallest absolute Gasteiger partial charge is 0.313 e. The summed E-state index contributed by atoms with van der Waals surface area (Å²) in [4.78, 5) is 59.3. The fourth-order valence-corrected chi connectivity index (χ4v) is 7.81. The molecule has 1 aromatic rings. The van der Waals surface area contributed by atoms with Gasteiger partial charge in [-0.3, -0.25) is 19.2 Å². The van der Waals surface area contributed by atoms with Gasteiger partial charge in [-0.2, -0.15) is 0 Å². The zero-order valence-electron chi connectivity index (χ0n) is 28.4. The molecule has 0 aromatic heterocycles. The van der Waals surface area contributed by atoms with E-state index in [4.69, 9.17) is 9.47 Å². The lowest BCUT2D eigenvalue weighted by Gasteiger charge is -2.42. The second kappa shape index (κ2) is 16.1. The number of ether oxygens (including phenoxy) is 2. The fourth-order valence-electron chi connectivity index (χ4n) is 7.81. The summed E-state index contributed by atoms with van der Waals surface area (Å²) in [5.41, 5.74) is -0.520. The summed E-state index contributed by atoms with van der Waals surface area (Å²) in [5.74, 6) is -3.37. The molecule has 1 unspecified atom stereocenters. The molecule has 0 radical (unpaired) electrons. The first-order valence-electron chi connectivity index (χ1n) is 17.2. The van der Waals surface area contributed by atoms with E-state index in [-0.39, 0.29) is 49.3 Å². The molecule has 3 aliphatic rings. The van der Waals surface area contributed by atoms with Crippen molar-refractivity contribution in [2.45, 2.75) is 109 Å². The van der Waals surface area contributed by atoms with Gasteiger partial charge in [-0.15, -0.1) is 13.2 Å². The van der Waals surface area contributed by atoms with Crippen LogP contribution >= 0.6 is 0 Å². The average Bonchev–Trinajstić information content (AvgIpc) is 3.72. The number of benzene rings is 1. The minimum Gasteiger partial charge on any atom is -0.455 e. The molecule has 3 saturated heterocycles. The van der Waals surface area contributed by atoms with Crippen LogP contribution in [0.5, 0.6) is 0 Å². The number of carbonyl (C=O) groups excluding carboxylic acids is 4. The molecular weight excluding hydrogens is 598 g/mol. The highest BCUT2D eigenvalue weighted by Gasteiger charge is 2.76. The molecule has 3 heterocycles. The monoisotopic (exact) mass is 651 g/mol. The normalized spacial score (nSPS) is 27.0. The number of fused-ring (bicyclic) bond motifs is 1. The molecular formula is C37H53N3O7. The average molecular weight is 652 g/mol. The first-order chi connectivity index (χ1) is 22.6. The van der Waals surface area contributed by atoms with Crippen molar-refractivity contribution in [3.8, 4) is 0 Å². The van der Waals surface area contributed by atoms with Gasteiger partial charge in [0.05, 0.1) is 37.1 Å².